The summed E-state index contributed by atoms with van der Waals surface area (Å²) in [5.74, 6) is 0. The van der Waals surface area contributed by atoms with Crippen LogP contribution in [0.5, 0.6) is 0 Å². The molecular formula is C2H8O2Si2. The maximum absolute atomic E-state index is 5.17. The van der Waals surface area contributed by atoms with Gasteiger partial charge in [0.25, 0.3) is 10.0 Å². The quantitative estimate of drug-likeness (QED) is 0.410. The highest BCUT2D eigenvalue weighted by Gasteiger charge is 2.32. The molecule has 0 atom stereocenters. The fourth-order valence-corrected chi connectivity index (χ4v) is 2.65. The molecule has 0 radical (unpaired) electrons. The second-order valence-electron chi connectivity index (χ2n) is 1.81. The molecule has 2 nitrogen and oxygen atoms in total. The summed E-state index contributed by atoms with van der Waals surface area (Å²) in [6, 6.07) is 0. The molecule has 0 aliphatic carbocycles. The second-order valence-corrected chi connectivity index (χ2v) is 7.15. The van der Waals surface area contributed by atoms with Gasteiger partial charge in [0.1, 0.15) is 0 Å². The standard InChI is InChI=1S/C2H8O2Si2/c1-6(2)3-5-4-6/h5H2,1-2H3. The molecule has 0 saturated carbocycles. The highest BCUT2D eigenvalue weighted by atomic mass is 28.5. The van der Waals surface area contributed by atoms with Gasteiger partial charge in [0.2, 0.25) is 0 Å². The maximum Gasteiger partial charge on any atom is 0.313 e. The Morgan fingerprint density at radius 3 is 1.67 bits per heavy atom. The van der Waals surface area contributed by atoms with Crippen molar-refractivity contribution in [2.24, 2.45) is 0 Å². The Hall–Kier alpha value is 0.354. The summed E-state index contributed by atoms with van der Waals surface area (Å²) in [4.78, 5) is 0. The summed E-state index contributed by atoms with van der Waals surface area (Å²) in [5, 5.41) is 0. The molecule has 0 aromatic carbocycles. The summed E-state index contributed by atoms with van der Waals surface area (Å²) < 4.78 is 10.3. The van der Waals surface area contributed by atoms with Crippen LogP contribution < -0.4 is 0 Å². The predicted molar refractivity (Wildman–Crippen MR) is 28.2 cm³/mol. The van der Waals surface area contributed by atoms with E-state index in [1.54, 1.807) is 0 Å². The van der Waals surface area contributed by atoms with Gasteiger partial charge < -0.3 is 8.23 Å². The van der Waals surface area contributed by atoms with Crippen molar-refractivity contribution in [2.45, 2.75) is 13.1 Å². The van der Waals surface area contributed by atoms with Gasteiger partial charge in [-0.1, -0.05) is 0 Å². The summed E-state index contributed by atoms with van der Waals surface area (Å²) in [7, 11) is -1.83. The van der Waals surface area contributed by atoms with E-state index in [-0.39, 0.29) is 0 Å². The van der Waals surface area contributed by atoms with E-state index < -0.39 is 18.6 Å². The van der Waals surface area contributed by atoms with Crippen molar-refractivity contribution in [3.8, 4) is 0 Å². The van der Waals surface area contributed by atoms with Gasteiger partial charge in [-0.2, -0.15) is 0 Å². The Morgan fingerprint density at radius 2 is 1.67 bits per heavy atom. The van der Waals surface area contributed by atoms with Gasteiger partial charge in [0.05, 0.1) is 0 Å². The largest absolute Gasteiger partial charge is 0.420 e. The molecule has 1 aliphatic heterocycles. The SMILES string of the molecule is C[Si]1(C)O[SiH2]O1. The summed E-state index contributed by atoms with van der Waals surface area (Å²) in [5.41, 5.74) is 0. The third-order valence-corrected chi connectivity index (χ3v) is 7.32. The molecule has 0 unspecified atom stereocenters. The minimum atomic E-state index is -1.39. The first-order chi connectivity index (χ1) is 2.71. The fraction of sp³-hybridized carbons (Fsp3) is 1.00. The molecule has 0 bridgehead atoms. The lowest BCUT2D eigenvalue weighted by atomic mass is 11.9. The van der Waals surface area contributed by atoms with Crippen LogP contribution in [0.3, 0.4) is 0 Å². The smallest absolute Gasteiger partial charge is 0.313 e. The third kappa shape index (κ3) is 0.702. The van der Waals surface area contributed by atoms with Crippen LogP contribution in [0.2, 0.25) is 13.1 Å². The zero-order valence-electron chi connectivity index (χ0n) is 4.02. The molecule has 1 saturated heterocycles. The lowest BCUT2D eigenvalue weighted by Crippen LogP contribution is -2.48. The van der Waals surface area contributed by atoms with E-state index in [0.29, 0.717) is 0 Å². The highest BCUT2D eigenvalue weighted by molar-refractivity contribution is 6.78. The molecule has 1 aliphatic rings. The lowest BCUT2D eigenvalue weighted by Gasteiger charge is -2.32. The molecule has 1 heterocycles. The Morgan fingerprint density at radius 1 is 1.33 bits per heavy atom. The Kier molecular flexibility index (Phi) is 0.872. The van der Waals surface area contributed by atoms with Crippen LogP contribution in [-0.2, 0) is 8.23 Å². The van der Waals surface area contributed by atoms with Crippen LogP contribution in [0, 0.1) is 0 Å². The molecule has 4 heteroatoms. The van der Waals surface area contributed by atoms with Gasteiger partial charge in [-0.15, -0.1) is 0 Å². The Bertz CT molecular complexity index is 56.6. The molecule has 0 aromatic heterocycles. The van der Waals surface area contributed by atoms with E-state index in [1.807, 2.05) is 0 Å². The van der Waals surface area contributed by atoms with Gasteiger partial charge >= 0.3 is 8.56 Å². The minimum absolute atomic E-state index is 0.437. The van der Waals surface area contributed by atoms with Gasteiger partial charge in [-0.05, 0) is 13.1 Å². The van der Waals surface area contributed by atoms with Gasteiger partial charge in [-0.25, -0.2) is 0 Å². The molecule has 1 fully saturated rings. The van der Waals surface area contributed by atoms with Crippen LogP contribution in [0.4, 0.5) is 0 Å². The van der Waals surface area contributed by atoms with Gasteiger partial charge in [0, 0.05) is 0 Å². The van der Waals surface area contributed by atoms with Crippen molar-refractivity contribution in [2.75, 3.05) is 0 Å². The van der Waals surface area contributed by atoms with E-state index in [1.165, 1.54) is 0 Å². The van der Waals surface area contributed by atoms with Crippen LogP contribution >= 0.6 is 0 Å². The summed E-state index contributed by atoms with van der Waals surface area (Å²) in [6.07, 6.45) is 0. The molecule has 36 valence electrons. The normalized spacial score (nSPS) is 29.0. The van der Waals surface area contributed by atoms with Gasteiger partial charge in [-0.3, -0.25) is 0 Å². The number of rotatable bonds is 0. The van der Waals surface area contributed by atoms with Crippen molar-refractivity contribution in [1.82, 2.24) is 0 Å². The van der Waals surface area contributed by atoms with Crippen molar-refractivity contribution in [1.29, 1.82) is 0 Å². The molecule has 0 aromatic rings. The van der Waals surface area contributed by atoms with Gasteiger partial charge in [0.15, 0.2) is 0 Å². The van der Waals surface area contributed by atoms with E-state index >= 15 is 0 Å². The first kappa shape index (κ1) is 4.51. The number of hydrogen-bond acceptors (Lipinski definition) is 2. The highest BCUT2D eigenvalue weighted by Crippen LogP contribution is 2.12. The topological polar surface area (TPSA) is 18.5 Å². The monoisotopic (exact) mass is 120 g/mol. The summed E-state index contributed by atoms with van der Waals surface area (Å²) in [6.45, 7) is 4.12. The summed E-state index contributed by atoms with van der Waals surface area (Å²) >= 11 is 0. The zero-order chi connectivity index (χ0) is 4.62. The third-order valence-electron chi connectivity index (χ3n) is 0.813. The van der Waals surface area contributed by atoms with E-state index in [9.17, 15) is 0 Å². The molecule has 0 N–H and O–H groups in total. The van der Waals surface area contributed by atoms with Crippen LogP contribution in [-0.4, -0.2) is 18.6 Å². The van der Waals surface area contributed by atoms with Crippen molar-refractivity contribution in [3.05, 3.63) is 0 Å². The molecule has 0 amide bonds. The lowest BCUT2D eigenvalue weighted by molar-refractivity contribution is 0.289. The Balaban J connectivity index is 2.31. The Labute approximate surface area is 40.8 Å². The molecule has 6 heavy (non-hydrogen) atoms. The molecule has 1 rings (SSSR count). The van der Waals surface area contributed by atoms with Crippen LogP contribution in [0.15, 0.2) is 0 Å². The molecular weight excluding hydrogens is 112 g/mol. The maximum atomic E-state index is 5.17. The predicted octanol–water partition coefficient (Wildman–Crippen LogP) is -0.266. The molecule has 0 spiro atoms. The van der Waals surface area contributed by atoms with Crippen molar-refractivity contribution < 1.29 is 8.23 Å². The fourth-order valence-electron chi connectivity index (χ4n) is 0.295. The second kappa shape index (κ2) is 1.16. The van der Waals surface area contributed by atoms with Crippen molar-refractivity contribution in [3.63, 3.8) is 0 Å². The number of hydrogen-bond donors (Lipinski definition) is 0. The average molecular weight is 120 g/mol. The van der Waals surface area contributed by atoms with Crippen LogP contribution in [0.1, 0.15) is 0 Å². The zero-order valence-corrected chi connectivity index (χ0v) is 6.44. The average Bonchev–Trinajstić information content (AvgIpc) is 1.32. The minimum Gasteiger partial charge on any atom is -0.420 e. The van der Waals surface area contributed by atoms with E-state index in [2.05, 4.69) is 13.1 Å². The van der Waals surface area contributed by atoms with E-state index in [4.69, 9.17) is 8.23 Å². The van der Waals surface area contributed by atoms with Crippen LogP contribution in [0.25, 0.3) is 0 Å². The first-order valence-electron chi connectivity index (χ1n) is 1.99. The van der Waals surface area contributed by atoms with Crippen molar-refractivity contribution >= 4 is 18.6 Å². The first-order valence-corrected chi connectivity index (χ1v) is 5.96. The van der Waals surface area contributed by atoms with E-state index in [0.717, 1.165) is 0 Å².